The average molecular weight is 232 g/mol. The highest BCUT2D eigenvalue weighted by Gasteiger charge is 2.18. The smallest absolute Gasteiger partial charge is 0.309 e. The first-order valence-corrected chi connectivity index (χ1v) is 4.29. The summed E-state index contributed by atoms with van der Waals surface area (Å²) in [6.45, 7) is 0. The number of alkyl halides is 2. The van der Waals surface area contributed by atoms with E-state index in [0.717, 1.165) is 6.07 Å². The maximum Gasteiger partial charge on any atom is 0.309 e. The van der Waals surface area contributed by atoms with E-state index in [2.05, 4.69) is 4.98 Å². The van der Waals surface area contributed by atoms with E-state index in [-0.39, 0.29) is 17.1 Å². The molecule has 0 aliphatic rings. The number of methoxy groups -OCH3 is 1. The Labute approximate surface area is 89.9 Å². The Morgan fingerprint density at radius 2 is 2.31 bits per heavy atom. The minimum Gasteiger partial charge on any atom is -0.495 e. The van der Waals surface area contributed by atoms with E-state index in [1.54, 1.807) is 0 Å². The average Bonchev–Trinajstić information content (AvgIpc) is 2.18. The van der Waals surface area contributed by atoms with Crippen molar-refractivity contribution in [3.63, 3.8) is 0 Å². The van der Waals surface area contributed by atoms with E-state index in [9.17, 15) is 13.6 Å². The lowest BCUT2D eigenvalue weighted by atomic mass is 10.2. The number of aliphatic carboxylic acids is 1. The topological polar surface area (TPSA) is 85.4 Å². The van der Waals surface area contributed by atoms with Gasteiger partial charge in [0.1, 0.15) is 11.4 Å². The number of nitrogens with zero attached hydrogens (tertiary/aromatic N) is 1. The van der Waals surface area contributed by atoms with Crippen molar-refractivity contribution in [1.82, 2.24) is 4.98 Å². The molecule has 0 spiro atoms. The Balaban J connectivity index is 3.22. The van der Waals surface area contributed by atoms with E-state index in [0.29, 0.717) is 0 Å². The number of ether oxygens (including phenoxy) is 1. The summed E-state index contributed by atoms with van der Waals surface area (Å²) < 4.78 is 29.7. The Hall–Kier alpha value is -1.92. The van der Waals surface area contributed by atoms with E-state index in [4.69, 9.17) is 15.6 Å². The molecule has 1 aromatic heterocycles. The first-order chi connectivity index (χ1) is 7.45. The number of hydrogen-bond acceptors (Lipinski definition) is 4. The van der Waals surface area contributed by atoms with E-state index >= 15 is 0 Å². The fourth-order valence-electron chi connectivity index (χ4n) is 1.18. The number of aromatic nitrogens is 1. The molecule has 5 nitrogen and oxygen atoms in total. The van der Waals surface area contributed by atoms with Crippen LogP contribution in [0, 0.1) is 0 Å². The minimum absolute atomic E-state index is 0.0699. The number of pyridine rings is 1. The van der Waals surface area contributed by atoms with Crippen molar-refractivity contribution in [2.24, 2.45) is 0 Å². The van der Waals surface area contributed by atoms with Gasteiger partial charge in [-0.1, -0.05) is 0 Å². The van der Waals surface area contributed by atoms with Crippen molar-refractivity contribution in [3.05, 3.63) is 17.5 Å². The van der Waals surface area contributed by atoms with Crippen LogP contribution >= 0.6 is 0 Å². The highest BCUT2D eigenvalue weighted by molar-refractivity contribution is 5.71. The van der Waals surface area contributed by atoms with Gasteiger partial charge in [-0.15, -0.1) is 0 Å². The van der Waals surface area contributed by atoms with E-state index < -0.39 is 24.5 Å². The summed E-state index contributed by atoms with van der Waals surface area (Å²) in [5.41, 5.74) is 4.41. The molecule has 0 radical (unpaired) electrons. The second-order valence-electron chi connectivity index (χ2n) is 2.98. The fourth-order valence-corrected chi connectivity index (χ4v) is 1.18. The summed E-state index contributed by atoms with van der Waals surface area (Å²) >= 11 is 0. The third-order valence-electron chi connectivity index (χ3n) is 1.87. The summed E-state index contributed by atoms with van der Waals surface area (Å²) in [6.07, 6.45) is -3.35. The predicted molar refractivity (Wildman–Crippen MR) is 51.5 cm³/mol. The Kier molecular flexibility index (Phi) is 3.60. The SMILES string of the molecule is COc1cc(N)c(C(F)F)nc1CC(=O)O. The van der Waals surface area contributed by atoms with Gasteiger partial charge >= 0.3 is 5.97 Å². The van der Waals surface area contributed by atoms with Gasteiger partial charge in [-0.2, -0.15) is 0 Å². The van der Waals surface area contributed by atoms with Crippen molar-refractivity contribution in [1.29, 1.82) is 0 Å². The second kappa shape index (κ2) is 4.73. The maximum atomic E-state index is 12.5. The number of nitrogen functional groups attached to an aromatic ring is 1. The quantitative estimate of drug-likeness (QED) is 0.815. The Morgan fingerprint density at radius 1 is 1.69 bits per heavy atom. The van der Waals surface area contributed by atoms with Crippen LogP contribution in [0.1, 0.15) is 17.8 Å². The van der Waals surface area contributed by atoms with Crippen molar-refractivity contribution in [2.75, 3.05) is 12.8 Å². The van der Waals surface area contributed by atoms with E-state index in [1.807, 2.05) is 0 Å². The minimum atomic E-state index is -2.85. The molecule has 0 saturated heterocycles. The second-order valence-corrected chi connectivity index (χ2v) is 2.98. The molecule has 0 amide bonds. The molecule has 0 unspecified atom stereocenters. The first kappa shape index (κ1) is 12.2. The van der Waals surface area contributed by atoms with Gasteiger partial charge in [-0.25, -0.2) is 13.8 Å². The van der Waals surface area contributed by atoms with Crippen LogP contribution in [0.3, 0.4) is 0 Å². The first-order valence-electron chi connectivity index (χ1n) is 4.29. The van der Waals surface area contributed by atoms with Crippen molar-refractivity contribution < 1.29 is 23.4 Å². The molecule has 1 aromatic rings. The van der Waals surface area contributed by atoms with Crippen molar-refractivity contribution in [3.8, 4) is 5.75 Å². The zero-order chi connectivity index (χ0) is 12.3. The predicted octanol–water partition coefficient (Wildman–Crippen LogP) is 1.24. The summed E-state index contributed by atoms with van der Waals surface area (Å²) in [7, 11) is 1.28. The largest absolute Gasteiger partial charge is 0.495 e. The van der Waals surface area contributed by atoms with Gasteiger partial charge < -0.3 is 15.6 Å². The van der Waals surface area contributed by atoms with Crippen LogP contribution < -0.4 is 10.5 Å². The molecule has 88 valence electrons. The third-order valence-corrected chi connectivity index (χ3v) is 1.87. The van der Waals surface area contributed by atoms with Crippen LogP contribution in [-0.4, -0.2) is 23.2 Å². The Bertz CT molecular complexity index is 410. The van der Waals surface area contributed by atoms with Crippen LogP contribution in [0.4, 0.5) is 14.5 Å². The molecule has 3 N–H and O–H groups in total. The Morgan fingerprint density at radius 3 is 2.75 bits per heavy atom. The number of halogens is 2. The number of nitrogens with two attached hydrogens (primary N) is 1. The van der Waals surface area contributed by atoms with Crippen LogP contribution in [0.2, 0.25) is 0 Å². The van der Waals surface area contributed by atoms with Crippen LogP contribution in [-0.2, 0) is 11.2 Å². The van der Waals surface area contributed by atoms with Gasteiger partial charge in [-0.05, 0) is 0 Å². The van der Waals surface area contributed by atoms with Gasteiger partial charge in [0.15, 0.2) is 0 Å². The number of carbonyl (C=O) groups is 1. The molecule has 16 heavy (non-hydrogen) atoms. The highest BCUT2D eigenvalue weighted by atomic mass is 19.3. The van der Waals surface area contributed by atoms with Crippen LogP contribution in [0.15, 0.2) is 6.07 Å². The maximum absolute atomic E-state index is 12.5. The van der Waals surface area contributed by atoms with E-state index in [1.165, 1.54) is 7.11 Å². The number of carboxylic acids is 1. The summed E-state index contributed by atoms with van der Waals surface area (Å²) in [4.78, 5) is 14.0. The molecule has 0 aliphatic heterocycles. The molecule has 1 rings (SSSR count). The standard InChI is InChI=1S/C9H10F2N2O3/c1-16-6-2-4(12)8(9(10)11)13-5(6)3-7(14)15/h2,9H,3,12H2,1H3,(H,14,15). The molecule has 0 atom stereocenters. The monoisotopic (exact) mass is 232 g/mol. The highest BCUT2D eigenvalue weighted by Crippen LogP contribution is 2.28. The van der Waals surface area contributed by atoms with Crippen LogP contribution in [0.25, 0.3) is 0 Å². The molecular weight excluding hydrogens is 222 g/mol. The molecule has 0 aromatic carbocycles. The number of rotatable bonds is 4. The van der Waals surface area contributed by atoms with Crippen molar-refractivity contribution in [2.45, 2.75) is 12.8 Å². The number of anilines is 1. The number of carboxylic acid groups (broad SMARTS) is 1. The molecule has 0 aliphatic carbocycles. The summed E-state index contributed by atoms with van der Waals surface area (Å²) in [5, 5.41) is 8.57. The molecule has 7 heteroatoms. The summed E-state index contributed by atoms with van der Waals surface area (Å²) in [5.74, 6) is -1.10. The molecule has 0 saturated carbocycles. The fraction of sp³-hybridized carbons (Fsp3) is 0.333. The number of hydrogen-bond donors (Lipinski definition) is 2. The lowest BCUT2D eigenvalue weighted by Crippen LogP contribution is -2.09. The zero-order valence-electron chi connectivity index (χ0n) is 8.41. The normalized spacial score (nSPS) is 10.5. The molecular formula is C9H10F2N2O3. The lowest BCUT2D eigenvalue weighted by Gasteiger charge is -2.10. The van der Waals surface area contributed by atoms with Crippen LogP contribution in [0.5, 0.6) is 5.75 Å². The summed E-state index contributed by atoms with van der Waals surface area (Å²) in [6, 6.07) is 1.15. The molecule has 0 fully saturated rings. The van der Waals surface area contributed by atoms with Gasteiger partial charge in [0.25, 0.3) is 6.43 Å². The van der Waals surface area contributed by atoms with Crippen molar-refractivity contribution >= 4 is 11.7 Å². The van der Waals surface area contributed by atoms with Gasteiger partial charge in [0, 0.05) is 6.07 Å². The molecule has 1 heterocycles. The molecule has 0 bridgehead atoms. The van der Waals surface area contributed by atoms with Gasteiger partial charge in [0.05, 0.1) is 24.9 Å². The lowest BCUT2D eigenvalue weighted by molar-refractivity contribution is -0.136. The zero-order valence-corrected chi connectivity index (χ0v) is 8.41. The van der Waals surface area contributed by atoms with Gasteiger partial charge in [0.2, 0.25) is 0 Å². The van der Waals surface area contributed by atoms with Gasteiger partial charge in [-0.3, -0.25) is 4.79 Å². The third kappa shape index (κ3) is 2.56.